The van der Waals surface area contributed by atoms with Gasteiger partial charge in [0.05, 0.1) is 25.8 Å². The molecule has 4 rings (SSSR count). The molecule has 1 N–H and O–H groups in total. The van der Waals surface area contributed by atoms with Gasteiger partial charge in [0, 0.05) is 35.7 Å². The highest BCUT2D eigenvalue weighted by molar-refractivity contribution is 7.14. The molecule has 1 unspecified atom stereocenters. The summed E-state index contributed by atoms with van der Waals surface area (Å²) in [6, 6.07) is 14.9. The molecule has 3 aromatic rings. The number of hydrogen-bond donors (Lipinski definition) is 1. The Labute approximate surface area is 178 Å². The van der Waals surface area contributed by atoms with E-state index in [1.807, 2.05) is 47.8 Å². The number of amides is 2. The number of carbonyl (C=O) groups is 2. The Morgan fingerprint density at radius 2 is 1.97 bits per heavy atom. The second-order valence-corrected chi connectivity index (χ2v) is 7.69. The lowest BCUT2D eigenvalue weighted by Gasteiger charge is -2.16. The monoisotopic (exact) mass is 423 g/mol. The Kier molecular flexibility index (Phi) is 5.67. The minimum absolute atomic E-state index is 0.0517. The van der Waals surface area contributed by atoms with Crippen molar-refractivity contribution in [2.45, 2.75) is 6.42 Å². The van der Waals surface area contributed by atoms with Crippen molar-refractivity contribution in [2.24, 2.45) is 5.92 Å². The molecule has 0 saturated carbocycles. The van der Waals surface area contributed by atoms with E-state index in [-0.39, 0.29) is 18.2 Å². The van der Waals surface area contributed by atoms with Crippen molar-refractivity contribution in [3.63, 3.8) is 0 Å². The zero-order valence-corrected chi connectivity index (χ0v) is 17.4. The quantitative estimate of drug-likeness (QED) is 0.652. The maximum Gasteiger partial charge on any atom is 0.231 e. The fourth-order valence-electron chi connectivity index (χ4n) is 3.41. The Morgan fingerprint density at radius 3 is 2.70 bits per heavy atom. The fourth-order valence-corrected chi connectivity index (χ4v) is 4.13. The van der Waals surface area contributed by atoms with E-state index in [4.69, 9.17) is 9.47 Å². The van der Waals surface area contributed by atoms with Crippen LogP contribution < -0.4 is 19.7 Å². The van der Waals surface area contributed by atoms with Gasteiger partial charge in [0.1, 0.15) is 11.5 Å². The van der Waals surface area contributed by atoms with Gasteiger partial charge in [-0.05, 0) is 24.3 Å². The van der Waals surface area contributed by atoms with Gasteiger partial charge in [0.15, 0.2) is 5.13 Å². The summed E-state index contributed by atoms with van der Waals surface area (Å²) in [7, 11) is 3.18. The maximum atomic E-state index is 12.7. The lowest BCUT2D eigenvalue weighted by atomic mass is 10.1. The summed E-state index contributed by atoms with van der Waals surface area (Å²) in [6.45, 7) is 0.360. The minimum Gasteiger partial charge on any atom is -0.497 e. The molecule has 1 aliphatic rings. The van der Waals surface area contributed by atoms with Crippen molar-refractivity contribution in [3.05, 3.63) is 53.9 Å². The molecular weight excluding hydrogens is 402 g/mol. The van der Waals surface area contributed by atoms with Crippen LogP contribution in [0, 0.1) is 5.92 Å². The normalized spacial score (nSPS) is 15.9. The first kappa shape index (κ1) is 19.9. The van der Waals surface area contributed by atoms with E-state index in [9.17, 15) is 9.59 Å². The lowest BCUT2D eigenvalue weighted by Crippen LogP contribution is -2.28. The Balaban J connectivity index is 1.46. The van der Waals surface area contributed by atoms with Crippen molar-refractivity contribution in [1.29, 1.82) is 0 Å². The van der Waals surface area contributed by atoms with Gasteiger partial charge in [-0.3, -0.25) is 9.59 Å². The number of aromatic nitrogens is 1. The summed E-state index contributed by atoms with van der Waals surface area (Å²) >= 11 is 1.33. The molecule has 0 aliphatic carbocycles. The maximum absolute atomic E-state index is 12.7. The average Bonchev–Trinajstić information content (AvgIpc) is 3.40. The van der Waals surface area contributed by atoms with E-state index in [0.29, 0.717) is 28.9 Å². The predicted octanol–water partition coefficient (Wildman–Crippen LogP) is 3.82. The standard InChI is InChI=1S/C22H21N3O4S/c1-28-16-8-9-17(19(11-16)29-2)18-13-30-22(23-18)24-21(27)14-10-20(26)25(12-14)15-6-4-3-5-7-15/h3-9,11,13-14H,10,12H2,1-2H3,(H,23,24,27). The van der Waals surface area contributed by atoms with Gasteiger partial charge in [-0.25, -0.2) is 4.98 Å². The second kappa shape index (κ2) is 8.54. The molecule has 8 heteroatoms. The van der Waals surface area contributed by atoms with Crippen molar-refractivity contribution < 1.29 is 19.1 Å². The molecule has 154 valence electrons. The number of thiazole rings is 1. The van der Waals surface area contributed by atoms with Gasteiger partial charge < -0.3 is 19.7 Å². The van der Waals surface area contributed by atoms with Gasteiger partial charge in [-0.2, -0.15) is 0 Å². The summed E-state index contributed by atoms with van der Waals surface area (Å²) in [5.41, 5.74) is 2.31. The Bertz CT molecular complexity index is 1070. The van der Waals surface area contributed by atoms with Crippen molar-refractivity contribution in [3.8, 4) is 22.8 Å². The first-order chi connectivity index (χ1) is 14.6. The highest BCUT2D eigenvalue weighted by atomic mass is 32.1. The minimum atomic E-state index is -0.416. The van der Waals surface area contributed by atoms with Crippen LogP contribution in [0.3, 0.4) is 0 Å². The number of nitrogens with zero attached hydrogens (tertiary/aromatic N) is 2. The van der Waals surface area contributed by atoms with E-state index >= 15 is 0 Å². The third-order valence-electron chi connectivity index (χ3n) is 4.98. The molecule has 1 atom stereocenters. The fraction of sp³-hybridized carbons (Fsp3) is 0.227. The zero-order valence-electron chi connectivity index (χ0n) is 16.6. The summed E-state index contributed by atoms with van der Waals surface area (Å²) in [5.74, 6) is 0.653. The Hall–Kier alpha value is -3.39. The van der Waals surface area contributed by atoms with E-state index in [1.165, 1.54) is 11.3 Å². The topological polar surface area (TPSA) is 80.8 Å². The molecule has 1 saturated heterocycles. The lowest BCUT2D eigenvalue weighted by molar-refractivity contribution is -0.122. The van der Waals surface area contributed by atoms with Crippen LogP contribution in [0.5, 0.6) is 11.5 Å². The Morgan fingerprint density at radius 1 is 1.17 bits per heavy atom. The third-order valence-corrected chi connectivity index (χ3v) is 5.74. The van der Waals surface area contributed by atoms with Crippen LogP contribution >= 0.6 is 11.3 Å². The molecule has 2 aromatic carbocycles. The number of hydrogen-bond acceptors (Lipinski definition) is 6. The summed E-state index contributed by atoms with van der Waals surface area (Å²) in [4.78, 5) is 31.3. The molecule has 1 fully saturated rings. The molecule has 2 amide bonds. The van der Waals surface area contributed by atoms with E-state index in [1.54, 1.807) is 25.2 Å². The van der Waals surface area contributed by atoms with Gasteiger partial charge >= 0.3 is 0 Å². The number of carbonyl (C=O) groups excluding carboxylic acids is 2. The number of ether oxygens (including phenoxy) is 2. The highest BCUT2D eigenvalue weighted by Crippen LogP contribution is 2.35. The van der Waals surface area contributed by atoms with Crippen LogP contribution in [0.4, 0.5) is 10.8 Å². The predicted molar refractivity (Wildman–Crippen MR) is 116 cm³/mol. The largest absolute Gasteiger partial charge is 0.497 e. The first-order valence-electron chi connectivity index (χ1n) is 9.43. The number of benzene rings is 2. The number of para-hydroxylation sites is 1. The van der Waals surface area contributed by atoms with Gasteiger partial charge in [-0.15, -0.1) is 11.3 Å². The molecule has 0 bridgehead atoms. The number of rotatable bonds is 6. The molecule has 30 heavy (non-hydrogen) atoms. The average molecular weight is 423 g/mol. The molecule has 0 radical (unpaired) electrons. The van der Waals surface area contributed by atoms with Crippen LogP contribution in [0.15, 0.2) is 53.9 Å². The second-order valence-electron chi connectivity index (χ2n) is 6.83. The van der Waals surface area contributed by atoms with E-state index in [0.717, 1.165) is 11.3 Å². The van der Waals surface area contributed by atoms with Crippen LogP contribution in [-0.4, -0.2) is 37.6 Å². The number of methoxy groups -OCH3 is 2. The van der Waals surface area contributed by atoms with Gasteiger partial charge in [0.25, 0.3) is 0 Å². The zero-order chi connectivity index (χ0) is 21.1. The van der Waals surface area contributed by atoms with Crippen LogP contribution in [0.1, 0.15) is 6.42 Å². The van der Waals surface area contributed by atoms with Crippen LogP contribution in [0.2, 0.25) is 0 Å². The SMILES string of the molecule is COc1ccc(-c2csc(NC(=O)C3CC(=O)N(c4ccccc4)C3)n2)c(OC)c1. The number of nitrogens with one attached hydrogen (secondary N) is 1. The first-order valence-corrected chi connectivity index (χ1v) is 10.3. The molecule has 1 aliphatic heterocycles. The molecule has 7 nitrogen and oxygen atoms in total. The van der Waals surface area contributed by atoms with Crippen LogP contribution in [0.25, 0.3) is 11.3 Å². The highest BCUT2D eigenvalue weighted by Gasteiger charge is 2.35. The summed E-state index contributed by atoms with van der Waals surface area (Å²) in [5, 5.41) is 5.19. The van der Waals surface area contributed by atoms with E-state index < -0.39 is 5.92 Å². The third kappa shape index (κ3) is 3.99. The molecule has 0 spiro atoms. The molecule has 1 aromatic heterocycles. The molecule has 2 heterocycles. The van der Waals surface area contributed by atoms with E-state index in [2.05, 4.69) is 10.3 Å². The van der Waals surface area contributed by atoms with Crippen molar-refractivity contribution >= 4 is 34.0 Å². The smallest absolute Gasteiger partial charge is 0.231 e. The summed E-state index contributed by atoms with van der Waals surface area (Å²) in [6.07, 6.45) is 0.186. The van der Waals surface area contributed by atoms with Gasteiger partial charge in [0.2, 0.25) is 11.8 Å². The van der Waals surface area contributed by atoms with Gasteiger partial charge in [-0.1, -0.05) is 18.2 Å². The van der Waals surface area contributed by atoms with Crippen LogP contribution in [-0.2, 0) is 9.59 Å². The van der Waals surface area contributed by atoms with Crippen molar-refractivity contribution in [1.82, 2.24) is 4.98 Å². The molecular formula is C22H21N3O4S. The summed E-state index contributed by atoms with van der Waals surface area (Å²) < 4.78 is 10.7. The number of anilines is 2. The van der Waals surface area contributed by atoms with Crippen molar-refractivity contribution in [2.75, 3.05) is 31.0 Å².